The largest absolute Gasteiger partial charge is 0.336 e. The summed E-state index contributed by atoms with van der Waals surface area (Å²) in [7, 11) is 0. The van der Waals surface area contributed by atoms with Gasteiger partial charge in [-0.2, -0.15) is 11.8 Å². The molecule has 0 saturated carbocycles. The van der Waals surface area contributed by atoms with Crippen LogP contribution in [-0.4, -0.2) is 48.5 Å². The molecule has 0 aromatic carbocycles. The lowest BCUT2D eigenvalue weighted by molar-refractivity contribution is -0.131. The van der Waals surface area contributed by atoms with E-state index in [4.69, 9.17) is 0 Å². The summed E-state index contributed by atoms with van der Waals surface area (Å²) in [4.78, 5) is 13.8. The number of hydrogen-bond acceptors (Lipinski definition) is 3. The molecule has 0 bridgehead atoms. The van der Waals surface area contributed by atoms with Crippen molar-refractivity contribution in [3.63, 3.8) is 0 Å². The SMILES string of the molecule is CCCC1CNCCN1C(=O)CSC.Cl. The first kappa shape index (κ1) is 15.1. The van der Waals surface area contributed by atoms with E-state index in [1.165, 1.54) is 0 Å². The fraction of sp³-hybridized carbons (Fsp3) is 0.900. The number of nitrogens with zero attached hydrogens (tertiary/aromatic N) is 1. The minimum atomic E-state index is 0. The Hall–Kier alpha value is 0.0700. The van der Waals surface area contributed by atoms with Gasteiger partial charge in [0.25, 0.3) is 0 Å². The minimum absolute atomic E-state index is 0. The predicted molar refractivity (Wildman–Crippen MR) is 68.9 cm³/mol. The number of rotatable bonds is 4. The molecule has 1 N–H and O–H groups in total. The Morgan fingerprint density at radius 1 is 1.60 bits per heavy atom. The molecule has 0 aliphatic carbocycles. The summed E-state index contributed by atoms with van der Waals surface area (Å²) >= 11 is 1.61. The molecule has 90 valence electrons. The zero-order valence-electron chi connectivity index (χ0n) is 9.49. The van der Waals surface area contributed by atoms with E-state index in [-0.39, 0.29) is 12.4 Å². The van der Waals surface area contributed by atoms with Crippen LogP contribution >= 0.6 is 24.2 Å². The minimum Gasteiger partial charge on any atom is -0.336 e. The molecule has 0 aromatic rings. The third-order valence-electron chi connectivity index (χ3n) is 2.56. The van der Waals surface area contributed by atoms with E-state index in [2.05, 4.69) is 17.1 Å². The van der Waals surface area contributed by atoms with Crippen molar-refractivity contribution in [2.75, 3.05) is 31.6 Å². The smallest absolute Gasteiger partial charge is 0.232 e. The highest BCUT2D eigenvalue weighted by Gasteiger charge is 2.24. The van der Waals surface area contributed by atoms with Crippen LogP contribution in [-0.2, 0) is 4.79 Å². The zero-order chi connectivity index (χ0) is 10.4. The number of thioether (sulfide) groups is 1. The maximum Gasteiger partial charge on any atom is 0.232 e. The average molecular weight is 253 g/mol. The van der Waals surface area contributed by atoms with Crippen molar-refractivity contribution in [1.82, 2.24) is 10.2 Å². The van der Waals surface area contributed by atoms with E-state index in [0.717, 1.165) is 32.5 Å². The molecule has 0 radical (unpaired) electrons. The van der Waals surface area contributed by atoms with Crippen molar-refractivity contribution in [3.05, 3.63) is 0 Å². The van der Waals surface area contributed by atoms with Crippen LogP contribution in [0.5, 0.6) is 0 Å². The standard InChI is InChI=1S/C10H20N2OS.ClH/c1-3-4-9-7-11-5-6-12(9)10(13)8-14-2;/h9,11H,3-8H2,1-2H3;1H. The van der Waals surface area contributed by atoms with E-state index in [1.807, 2.05) is 6.26 Å². The van der Waals surface area contributed by atoms with Crippen molar-refractivity contribution >= 4 is 30.1 Å². The summed E-state index contributed by atoms with van der Waals surface area (Å²) in [5.41, 5.74) is 0. The monoisotopic (exact) mass is 252 g/mol. The fourth-order valence-corrected chi connectivity index (χ4v) is 2.30. The molecule has 0 aromatic heterocycles. The van der Waals surface area contributed by atoms with Crippen molar-refractivity contribution in [1.29, 1.82) is 0 Å². The molecule has 1 aliphatic heterocycles. The molecule has 1 fully saturated rings. The molecule has 5 heteroatoms. The van der Waals surface area contributed by atoms with Crippen LogP contribution in [0.25, 0.3) is 0 Å². The summed E-state index contributed by atoms with van der Waals surface area (Å²) in [6, 6.07) is 0.424. The van der Waals surface area contributed by atoms with Gasteiger partial charge in [-0.1, -0.05) is 13.3 Å². The third kappa shape index (κ3) is 4.62. The maximum absolute atomic E-state index is 11.8. The van der Waals surface area contributed by atoms with Crippen molar-refractivity contribution in [2.45, 2.75) is 25.8 Å². The van der Waals surface area contributed by atoms with Crippen molar-refractivity contribution in [2.24, 2.45) is 0 Å². The van der Waals surface area contributed by atoms with Crippen LogP contribution in [0.15, 0.2) is 0 Å². The maximum atomic E-state index is 11.8. The topological polar surface area (TPSA) is 32.3 Å². The van der Waals surface area contributed by atoms with Gasteiger partial charge in [0.15, 0.2) is 0 Å². The van der Waals surface area contributed by atoms with Gasteiger partial charge < -0.3 is 10.2 Å². The molecule has 15 heavy (non-hydrogen) atoms. The van der Waals surface area contributed by atoms with Crippen LogP contribution < -0.4 is 5.32 Å². The van der Waals surface area contributed by atoms with Crippen LogP contribution in [0.4, 0.5) is 0 Å². The molecule has 1 atom stereocenters. The lowest BCUT2D eigenvalue weighted by Crippen LogP contribution is -2.54. The van der Waals surface area contributed by atoms with Crippen LogP contribution in [0, 0.1) is 0 Å². The Morgan fingerprint density at radius 3 is 2.93 bits per heavy atom. The van der Waals surface area contributed by atoms with E-state index >= 15 is 0 Å². The average Bonchev–Trinajstić information content (AvgIpc) is 2.19. The Labute approximate surface area is 103 Å². The Balaban J connectivity index is 0.00000196. The zero-order valence-corrected chi connectivity index (χ0v) is 11.1. The van der Waals surface area contributed by atoms with Crippen molar-refractivity contribution in [3.8, 4) is 0 Å². The molecule has 1 unspecified atom stereocenters. The normalized spacial score (nSPS) is 20.9. The van der Waals surface area contributed by atoms with Gasteiger partial charge >= 0.3 is 0 Å². The van der Waals surface area contributed by atoms with Gasteiger partial charge in [0.2, 0.25) is 5.91 Å². The summed E-state index contributed by atoms with van der Waals surface area (Å²) in [5, 5.41) is 3.35. The van der Waals surface area contributed by atoms with Crippen LogP contribution in [0.3, 0.4) is 0 Å². The highest BCUT2D eigenvalue weighted by atomic mass is 35.5. The van der Waals surface area contributed by atoms with Gasteiger partial charge in [-0.05, 0) is 12.7 Å². The van der Waals surface area contributed by atoms with Gasteiger partial charge in [0.1, 0.15) is 0 Å². The number of hydrogen-bond donors (Lipinski definition) is 1. The van der Waals surface area contributed by atoms with Crippen LogP contribution in [0.1, 0.15) is 19.8 Å². The first-order chi connectivity index (χ1) is 6.79. The number of carbonyl (C=O) groups excluding carboxylic acids is 1. The highest BCUT2D eigenvalue weighted by molar-refractivity contribution is 7.99. The van der Waals surface area contributed by atoms with Gasteiger partial charge in [-0.3, -0.25) is 4.79 Å². The second-order valence-electron chi connectivity index (χ2n) is 3.67. The number of amides is 1. The summed E-state index contributed by atoms with van der Waals surface area (Å²) in [6.45, 7) is 4.96. The first-order valence-electron chi connectivity index (χ1n) is 5.28. The quantitative estimate of drug-likeness (QED) is 0.821. The Kier molecular flexibility index (Phi) is 8.29. The Bertz CT molecular complexity index is 190. The third-order valence-corrected chi connectivity index (χ3v) is 3.10. The predicted octanol–water partition coefficient (Wildman–Crippen LogP) is 1.37. The number of piperazine rings is 1. The molecule has 1 saturated heterocycles. The van der Waals surface area contributed by atoms with E-state index in [1.54, 1.807) is 11.8 Å². The number of carbonyl (C=O) groups is 1. The molecule has 1 amide bonds. The van der Waals surface area contributed by atoms with Gasteiger partial charge in [0.05, 0.1) is 5.75 Å². The van der Waals surface area contributed by atoms with E-state index < -0.39 is 0 Å². The molecule has 1 rings (SSSR count). The summed E-state index contributed by atoms with van der Waals surface area (Å²) < 4.78 is 0. The number of halogens is 1. The first-order valence-corrected chi connectivity index (χ1v) is 6.68. The highest BCUT2D eigenvalue weighted by Crippen LogP contribution is 2.11. The number of nitrogens with one attached hydrogen (secondary N) is 1. The molecule has 1 aliphatic rings. The van der Waals surface area contributed by atoms with E-state index in [9.17, 15) is 4.79 Å². The van der Waals surface area contributed by atoms with Crippen LogP contribution in [0.2, 0.25) is 0 Å². The summed E-state index contributed by atoms with van der Waals surface area (Å²) in [6.07, 6.45) is 4.25. The lowest BCUT2D eigenvalue weighted by atomic mass is 10.1. The molecule has 0 spiro atoms. The second kappa shape index (κ2) is 8.25. The molecule has 1 heterocycles. The van der Waals surface area contributed by atoms with Gasteiger partial charge in [-0.25, -0.2) is 0 Å². The van der Waals surface area contributed by atoms with E-state index in [0.29, 0.717) is 17.7 Å². The Morgan fingerprint density at radius 2 is 2.33 bits per heavy atom. The molecular formula is C10H21ClN2OS. The van der Waals surface area contributed by atoms with Gasteiger partial charge in [0, 0.05) is 25.7 Å². The van der Waals surface area contributed by atoms with Crippen molar-refractivity contribution < 1.29 is 4.79 Å². The lowest BCUT2D eigenvalue weighted by Gasteiger charge is -2.36. The van der Waals surface area contributed by atoms with Gasteiger partial charge in [-0.15, -0.1) is 12.4 Å². The molecular weight excluding hydrogens is 232 g/mol. The summed E-state index contributed by atoms with van der Waals surface area (Å²) in [5.74, 6) is 0.928. The second-order valence-corrected chi connectivity index (χ2v) is 4.53. The molecule has 3 nitrogen and oxygen atoms in total. The fourth-order valence-electron chi connectivity index (χ4n) is 1.89.